The Hall–Kier alpha value is -1.62. The van der Waals surface area contributed by atoms with Gasteiger partial charge in [-0.3, -0.25) is 4.79 Å². The van der Waals surface area contributed by atoms with Gasteiger partial charge in [-0.1, -0.05) is 6.42 Å². The molecule has 22 heavy (non-hydrogen) atoms. The summed E-state index contributed by atoms with van der Waals surface area (Å²) in [7, 11) is 3.56. The van der Waals surface area contributed by atoms with Gasteiger partial charge in [0, 0.05) is 31.7 Å². The summed E-state index contributed by atoms with van der Waals surface area (Å²) in [5.41, 5.74) is 1.50. The van der Waals surface area contributed by atoms with E-state index >= 15 is 0 Å². The van der Waals surface area contributed by atoms with Gasteiger partial charge in [-0.15, -0.1) is 0 Å². The van der Waals surface area contributed by atoms with Gasteiger partial charge >= 0.3 is 0 Å². The molecule has 0 aliphatic heterocycles. The molecule has 3 atom stereocenters. The van der Waals surface area contributed by atoms with Gasteiger partial charge in [0.1, 0.15) is 11.3 Å². The maximum absolute atomic E-state index is 12.6. The van der Waals surface area contributed by atoms with E-state index in [9.17, 15) is 4.79 Å². The molecule has 2 bridgehead atoms. The summed E-state index contributed by atoms with van der Waals surface area (Å²) < 4.78 is 2.13. The Bertz CT molecular complexity index is 754. The SMILES string of the molecule is CN(C)C(=O)c1cc2cnc(Cl)nc2n1C1C[C@H]2CC[C@@H]1C2. The van der Waals surface area contributed by atoms with Crippen LogP contribution in [0.3, 0.4) is 0 Å². The fraction of sp³-hybridized carbons (Fsp3) is 0.562. The Balaban J connectivity index is 1.91. The largest absolute Gasteiger partial charge is 0.343 e. The molecule has 0 saturated heterocycles. The maximum Gasteiger partial charge on any atom is 0.270 e. The maximum atomic E-state index is 12.6. The van der Waals surface area contributed by atoms with Crippen LogP contribution in [0.2, 0.25) is 5.28 Å². The van der Waals surface area contributed by atoms with Crippen LogP contribution >= 0.6 is 11.6 Å². The lowest BCUT2D eigenvalue weighted by Crippen LogP contribution is -2.27. The lowest BCUT2D eigenvalue weighted by molar-refractivity contribution is 0.0813. The van der Waals surface area contributed by atoms with E-state index in [4.69, 9.17) is 11.6 Å². The number of rotatable bonds is 2. The molecule has 0 aromatic carbocycles. The molecule has 0 spiro atoms. The smallest absolute Gasteiger partial charge is 0.270 e. The van der Waals surface area contributed by atoms with Gasteiger partial charge < -0.3 is 9.47 Å². The summed E-state index contributed by atoms with van der Waals surface area (Å²) in [4.78, 5) is 22.7. The molecule has 2 aliphatic carbocycles. The van der Waals surface area contributed by atoms with Crippen molar-refractivity contribution in [1.82, 2.24) is 19.4 Å². The number of aromatic nitrogens is 3. The van der Waals surface area contributed by atoms with Gasteiger partial charge in [0.2, 0.25) is 5.28 Å². The molecule has 2 aromatic heterocycles. The second-order valence-corrected chi connectivity index (χ2v) is 7.10. The topological polar surface area (TPSA) is 51.0 Å². The summed E-state index contributed by atoms with van der Waals surface area (Å²) in [6.07, 6.45) is 6.71. The summed E-state index contributed by atoms with van der Waals surface area (Å²) in [6.45, 7) is 0. The second kappa shape index (κ2) is 4.95. The lowest BCUT2D eigenvalue weighted by atomic mass is 9.95. The van der Waals surface area contributed by atoms with Crippen LogP contribution in [-0.2, 0) is 0 Å². The van der Waals surface area contributed by atoms with E-state index in [2.05, 4.69) is 14.5 Å². The molecule has 2 saturated carbocycles. The Morgan fingerprint density at radius 2 is 2.18 bits per heavy atom. The quantitative estimate of drug-likeness (QED) is 0.799. The predicted molar refractivity (Wildman–Crippen MR) is 85.0 cm³/mol. The van der Waals surface area contributed by atoms with E-state index < -0.39 is 0 Å². The lowest BCUT2D eigenvalue weighted by Gasteiger charge is -2.26. The van der Waals surface area contributed by atoms with Gasteiger partial charge in [-0.25, -0.2) is 4.98 Å². The minimum atomic E-state index is 0.0110. The standard InChI is InChI=1S/C16H19ClN4O/c1-20(2)15(22)13-7-11-8-18-16(17)19-14(11)21(13)12-6-9-3-4-10(12)5-9/h7-10,12H,3-6H2,1-2H3/t9-,10+,12?/m0/s1. The second-order valence-electron chi connectivity index (χ2n) is 6.76. The summed E-state index contributed by atoms with van der Waals surface area (Å²) >= 11 is 6.00. The van der Waals surface area contributed by atoms with Crippen molar-refractivity contribution in [3.63, 3.8) is 0 Å². The number of nitrogens with zero attached hydrogens (tertiary/aromatic N) is 4. The number of hydrogen-bond donors (Lipinski definition) is 0. The Morgan fingerprint density at radius 1 is 1.36 bits per heavy atom. The summed E-state index contributed by atoms with van der Waals surface area (Å²) in [5, 5.41) is 1.12. The van der Waals surface area contributed by atoms with Gasteiger partial charge in [-0.2, -0.15) is 4.98 Å². The van der Waals surface area contributed by atoms with Crippen molar-refractivity contribution < 1.29 is 4.79 Å². The monoisotopic (exact) mass is 318 g/mol. The predicted octanol–water partition coefficient (Wildman–Crippen LogP) is 3.15. The zero-order chi connectivity index (χ0) is 15.4. The molecule has 6 heteroatoms. The number of carbonyl (C=O) groups is 1. The van der Waals surface area contributed by atoms with E-state index in [1.165, 1.54) is 19.3 Å². The normalized spacial score (nSPS) is 26.8. The fourth-order valence-corrected chi connectivity index (χ4v) is 4.37. The Morgan fingerprint density at radius 3 is 2.82 bits per heavy atom. The zero-order valence-electron chi connectivity index (χ0n) is 12.8. The van der Waals surface area contributed by atoms with Crippen LogP contribution in [0.4, 0.5) is 0 Å². The zero-order valence-corrected chi connectivity index (χ0v) is 13.5. The number of carbonyl (C=O) groups excluding carboxylic acids is 1. The van der Waals surface area contributed by atoms with Crippen molar-refractivity contribution >= 4 is 28.5 Å². The molecular formula is C16H19ClN4O. The average Bonchev–Trinajstić information content (AvgIpc) is 3.18. The van der Waals surface area contributed by atoms with Crippen LogP contribution < -0.4 is 0 Å². The third-order valence-corrected chi connectivity index (χ3v) is 5.39. The highest BCUT2D eigenvalue weighted by Gasteiger charge is 2.42. The third kappa shape index (κ3) is 2.02. The van der Waals surface area contributed by atoms with Gasteiger partial charge in [0.15, 0.2) is 0 Å². The molecule has 0 N–H and O–H groups in total. The first-order valence-corrected chi connectivity index (χ1v) is 8.17. The van der Waals surface area contributed by atoms with Gasteiger partial charge in [-0.05, 0) is 48.8 Å². The molecule has 4 rings (SSSR count). The Labute approximate surface area is 134 Å². The Kier molecular flexibility index (Phi) is 3.15. The average molecular weight is 319 g/mol. The van der Waals surface area contributed by atoms with Gasteiger partial charge in [0.05, 0.1) is 0 Å². The van der Waals surface area contributed by atoms with Crippen molar-refractivity contribution in [1.29, 1.82) is 0 Å². The molecule has 2 fully saturated rings. The van der Waals surface area contributed by atoms with Crippen LogP contribution in [-0.4, -0.2) is 39.4 Å². The molecule has 1 unspecified atom stereocenters. The molecule has 1 amide bonds. The van der Waals surface area contributed by atoms with E-state index in [0.717, 1.165) is 23.4 Å². The highest BCUT2D eigenvalue weighted by atomic mass is 35.5. The molecule has 2 aromatic rings. The first kappa shape index (κ1) is 14.0. The van der Waals surface area contributed by atoms with Crippen molar-refractivity contribution in [3.8, 4) is 0 Å². The highest BCUT2D eigenvalue weighted by molar-refractivity contribution is 6.28. The number of fused-ring (bicyclic) bond motifs is 3. The molecule has 0 radical (unpaired) electrons. The molecule has 2 aliphatic rings. The number of halogens is 1. The first-order valence-electron chi connectivity index (χ1n) is 7.79. The van der Waals surface area contributed by atoms with Crippen LogP contribution in [0.15, 0.2) is 12.3 Å². The number of hydrogen-bond acceptors (Lipinski definition) is 3. The van der Waals surface area contributed by atoms with Crippen LogP contribution in [0, 0.1) is 11.8 Å². The minimum Gasteiger partial charge on any atom is -0.343 e. The van der Waals surface area contributed by atoms with Crippen LogP contribution in [0.1, 0.15) is 42.2 Å². The van der Waals surface area contributed by atoms with Crippen molar-refractivity contribution in [3.05, 3.63) is 23.2 Å². The highest BCUT2D eigenvalue weighted by Crippen LogP contribution is 2.51. The van der Waals surface area contributed by atoms with E-state index in [1.54, 1.807) is 25.2 Å². The summed E-state index contributed by atoms with van der Waals surface area (Å²) in [6, 6.07) is 2.26. The van der Waals surface area contributed by atoms with E-state index in [-0.39, 0.29) is 11.2 Å². The van der Waals surface area contributed by atoms with Crippen molar-refractivity contribution in [2.45, 2.75) is 31.7 Å². The molecule has 5 nitrogen and oxygen atoms in total. The summed E-state index contributed by atoms with van der Waals surface area (Å²) in [5.74, 6) is 1.46. The van der Waals surface area contributed by atoms with Crippen molar-refractivity contribution in [2.24, 2.45) is 11.8 Å². The molecular weight excluding hydrogens is 300 g/mol. The third-order valence-electron chi connectivity index (χ3n) is 5.20. The number of amides is 1. The first-order chi connectivity index (χ1) is 10.5. The van der Waals surface area contributed by atoms with E-state index in [1.807, 2.05) is 6.07 Å². The minimum absolute atomic E-state index is 0.0110. The van der Waals surface area contributed by atoms with Crippen LogP contribution in [0.25, 0.3) is 11.0 Å². The molecule has 2 heterocycles. The fourth-order valence-electron chi connectivity index (χ4n) is 4.24. The molecule has 116 valence electrons. The van der Waals surface area contributed by atoms with Crippen molar-refractivity contribution in [2.75, 3.05) is 14.1 Å². The van der Waals surface area contributed by atoms with E-state index in [0.29, 0.717) is 17.7 Å². The van der Waals surface area contributed by atoms with Crippen LogP contribution in [0.5, 0.6) is 0 Å². The van der Waals surface area contributed by atoms with Gasteiger partial charge in [0.25, 0.3) is 5.91 Å².